The molecule has 7 rings (SSSR count). The van der Waals surface area contributed by atoms with Crippen LogP contribution in [0.2, 0.25) is 0 Å². The fraction of sp³-hybridized carbons (Fsp3) is 0.312. The first-order chi connectivity index (χ1) is 19.8. The summed E-state index contributed by atoms with van der Waals surface area (Å²) in [5.74, 6) is 2.14. The Morgan fingerprint density at radius 3 is 1.34 bits per heavy atom. The second kappa shape index (κ2) is 12.3. The lowest BCUT2D eigenvalue weighted by Gasteiger charge is -2.35. The average molecular weight is 567 g/mol. The van der Waals surface area contributed by atoms with Gasteiger partial charge in [0.05, 0.1) is 22.1 Å². The van der Waals surface area contributed by atoms with Crippen LogP contribution in [0.3, 0.4) is 0 Å². The molecule has 8 nitrogen and oxygen atoms in total. The van der Waals surface area contributed by atoms with Crippen molar-refractivity contribution in [1.82, 2.24) is 29.7 Å². The molecule has 3 aromatic heterocycles. The summed E-state index contributed by atoms with van der Waals surface area (Å²) in [6.07, 6.45) is 3.74. The van der Waals surface area contributed by atoms with Gasteiger partial charge in [0.15, 0.2) is 0 Å². The van der Waals surface area contributed by atoms with Crippen LogP contribution in [0.5, 0.6) is 0 Å². The predicted molar refractivity (Wildman–Crippen MR) is 168 cm³/mol. The van der Waals surface area contributed by atoms with Crippen molar-refractivity contribution in [3.63, 3.8) is 0 Å². The molecule has 2 aliphatic rings. The molecular weight excluding hydrogens is 532 g/mol. The Morgan fingerprint density at radius 2 is 0.927 bits per heavy atom. The third-order valence-electron chi connectivity index (χ3n) is 8.06. The lowest BCUT2D eigenvalue weighted by molar-refractivity contribution is 0.249. The Balaban J connectivity index is 0.00000302. The number of nitrogens with zero attached hydrogens (tertiary/aromatic N) is 8. The zero-order chi connectivity index (χ0) is 26.7. The third kappa shape index (κ3) is 6.25. The van der Waals surface area contributed by atoms with Crippen molar-refractivity contribution in [3.05, 3.63) is 96.3 Å². The molecule has 0 aliphatic carbocycles. The van der Waals surface area contributed by atoms with Crippen molar-refractivity contribution >= 4 is 46.1 Å². The number of aromatic nitrogens is 4. The summed E-state index contributed by atoms with van der Waals surface area (Å²) in [7, 11) is 0. The number of benzene rings is 2. The van der Waals surface area contributed by atoms with Crippen LogP contribution in [0.15, 0.2) is 85.2 Å². The first-order valence-corrected chi connectivity index (χ1v) is 14.2. The highest BCUT2D eigenvalue weighted by atomic mass is 35.5. The molecule has 2 saturated heterocycles. The molecule has 2 fully saturated rings. The third-order valence-corrected chi connectivity index (χ3v) is 8.06. The van der Waals surface area contributed by atoms with Crippen molar-refractivity contribution in [2.45, 2.75) is 13.1 Å². The highest BCUT2D eigenvalue weighted by Crippen LogP contribution is 2.22. The van der Waals surface area contributed by atoms with Crippen molar-refractivity contribution in [2.75, 3.05) is 62.2 Å². The summed E-state index contributed by atoms with van der Waals surface area (Å²) in [4.78, 5) is 28.8. The normalized spacial score (nSPS) is 16.7. The standard InChI is InChI=1S/C32H34N8.ClH/c1-3-11-33-31(5-1)39-17-13-37(14-18-39)23-25-7-9-27-29(21-25)36-30-22-26(8-10-28(30)35-27)24-38-15-19-40(20-16-38)32-6-2-4-12-34-32;/h1-12,21-22H,13-20,23-24H2;1H. The highest BCUT2D eigenvalue weighted by Gasteiger charge is 2.19. The van der Waals surface area contributed by atoms with Crippen molar-refractivity contribution in [3.8, 4) is 0 Å². The maximum atomic E-state index is 5.06. The first-order valence-electron chi connectivity index (χ1n) is 14.2. The van der Waals surface area contributed by atoms with Crippen LogP contribution >= 0.6 is 12.4 Å². The van der Waals surface area contributed by atoms with Crippen molar-refractivity contribution < 1.29 is 0 Å². The van der Waals surface area contributed by atoms with Gasteiger partial charge in [0.25, 0.3) is 0 Å². The summed E-state index contributed by atoms with van der Waals surface area (Å²) in [6, 6.07) is 25.3. The summed E-state index contributed by atoms with van der Waals surface area (Å²) < 4.78 is 0. The molecule has 0 saturated carbocycles. The van der Waals surface area contributed by atoms with E-state index in [1.165, 1.54) is 11.1 Å². The van der Waals surface area contributed by atoms with Gasteiger partial charge < -0.3 is 9.80 Å². The summed E-state index contributed by atoms with van der Waals surface area (Å²) >= 11 is 0. The van der Waals surface area contributed by atoms with Crippen LogP contribution < -0.4 is 9.80 Å². The van der Waals surface area contributed by atoms with Crippen molar-refractivity contribution in [1.29, 1.82) is 0 Å². The molecule has 41 heavy (non-hydrogen) atoms. The van der Waals surface area contributed by atoms with E-state index < -0.39 is 0 Å². The van der Waals surface area contributed by atoms with E-state index in [1.807, 2.05) is 24.5 Å². The van der Waals surface area contributed by atoms with Crippen LogP contribution in [0, 0.1) is 0 Å². The number of piperazine rings is 2. The minimum Gasteiger partial charge on any atom is -0.354 e. The SMILES string of the molecule is Cl.c1ccc(N2CCN(Cc3ccc4nc5ccc(CN6CCN(c7ccccn7)CC6)cc5nc4c3)CC2)nc1. The van der Waals surface area contributed by atoms with E-state index in [1.54, 1.807) is 0 Å². The highest BCUT2D eigenvalue weighted by molar-refractivity contribution is 5.86. The summed E-state index contributed by atoms with van der Waals surface area (Å²) in [6.45, 7) is 9.94. The first kappa shape index (κ1) is 27.3. The Kier molecular flexibility index (Phi) is 8.23. The largest absolute Gasteiger partial charge is 0.354 e. The van der Waals surface area contributed by atoms with Gasteiger partial charge in [0.1, 0.15) is 11.6 Å². The maximum absolute atomic E-state index is 5.06. The number of pyridine rings is 2. The van der Waals surface area contributed by atoms with Gasteiger partial charge in [0.2, 0.25) is 0 Å². The minimum absolute atomic E-state index is 0. The van der Waals surface area contributed by atoms with E-state index in [4.69, 9.17) is 9.97 Å². The lowest BCUT2D eigenvalue weighted by atomic mass is 10.1. The molecule has 0 atom stereocenters. The van der Waals surface area contributed by atoms with E-state index in [2.05, 4.69) is 90.2 Å². The van der Waals surface area contributed by atoms with Gasteiger partial charge in [0, 0.05) is 77.8 Å². The van der Waals surface area contributed by atoms with Crippen LogP contribution in [0.25, 0.3) is 22.1 Å². The van der Waals surface area contributed by atoms with E-state index >= 15 is 0 Å². The molecule has 0 amide bonds. The number of rotatable bonds is 6. The van der Waals surface area contributed by atoms with E-state index in [0.29, 0.717) is 0 Å². The fourth-order valence-corrected chi connectivity index (χ4v) is 5.83. The number of halogens is 1. The molecule has 9 heteroatoms. The quantitative estimate of drug-likeness (QED) is 0.276. The Hall–Kier alpha value is -3.85. The fourth-order valence-electron chi connectivity index (χ4n) is 5.83. The Labute approximate surface area is 247 Å². The second-order valence-corrected chi connectivity index (χ2v) is 10.8. The van der Waals surface area contributed by atoms with Gasteiger partial charge in [-0.1, -0.05) is 24.3 Å². The molecule has 0 spiro atoms. The molecule has 210 valence electrons. The smallest absolute Gasteiger partial charge is 0.128 e. The van der Waals surface area contributed by atoms with Gasteiger partial charge in [-0.05, 0) is 59.7 Å². The van der Waals surface area contributed by atoms with Gasteiger partial charge in [-0.15, -0.1) is 12.4 Å². The number of fused-ring (bicyclic) bond motifs is 2. The predicted octanol–water partition coefficient (Wildman–Crippen LogP) is 4.64. The molecular formula is C32H35ClN8. The summed E-state index contributed by atoms with van der Waals surface area (Å²) in [5.41, 5.74) is 6.42. The molecule has 0 bridgehead atoms. The maximum Gasteiger partial charge on any atom is 0.128 e. The monoisotopic (exact) mass is 566 g/mol. The number of hydrogen-bond acceptors (Lipinski definition) is 8. The van der Waals surface area contributed by atoms with E-state index in [9.17, 15) is 0 Å². The Bertz CT molecular complexity index is 1470. The topological polar surface area (TPSA) is 64.5 Å². The van der Waals surface area contributed by atoms with Crippen LogP contribution in [0.4, 0.5) is 11.6 Å². The second-order valence-electron chi connectivity index (χ2n) is 10.8. The van der Waals surface area contributed by atoms with Gasteiger partial charge >= 0.3 is 0 Å². The average Bonchev–Trinajstić information content (AvgIpc) is 3.02. The molecule has 0 unspecified atom stereocenters. The molecule has 5 heterocycles. The van der Waals surface area contributed by atoms with Gasteiger partial charge in [-0.3, -0.25) is 9.80 Å². The number of anilines is 2. The van der Waals surface area contributed by atoms with Crippen LogP contribution in [0.1, 0.15) is 11.1 Å². The zero-order valence-corrected chi connectivity index (χ0v) is 24.0. The van der Waals surface area contributed by atoms with Crippen LogP contribution in [-0.2, 0) is 13.1 Å². The zero-order valence-electron chi connectivity index (χ0n) is 23.1. The van der Waals surface area contributed by atoms with E-state index in [0.717, 1.165) is 99.2 Å². The number of hydrogen-bond donors (Lipinski definition) is 0. The molecule has 2 aromatic carbocycles. The lowest BCUT2D eigenvalue weighted by Crippen LogP contribution is -2.46. The molecule has 0 radical (unpaired) electrons. The Morgan fingerprint density at radius 1 is 0.488 bits per heavy atom. The minimum atomic E-state index is 0. The van der Waals surface area contributed by atoms with E-state index in [-0.39, 0.29) is 12.4 Å². The van der Waals surface area contributed by atoms with Gasteiger partial charge in [-0.25, -0.2) is 19.9 Å². The van der Waals surface area contributed by atoms with Crippen molar-refractivity contribution in [2.24, 2.45) is 0 Å². The molecule has 0 N–H and O–H groups in total. The van der Waals surface area contributed by atoms with Gasteiger partial charge in [-0.2, -0.15) is 0 Å². The van der Waals surface area contributed by atoms with Crippen LogP contribution in [-0.4, -0.2) is 82.1 Å². The molecule has 2 aliphatic heterocycles. The molecule has 5 aromatic rings. The summed E-state index contributed by atoms with van der Waals surface area (Å²) in [5, 5.41) is 0.